The molecule has 1 heterocycles. The lowest BCUT2D eigenvalue weighted by Crippen LogP contribution is -2.26. The molecule has 0 saturated heterocycles. The SMILES string of the molecule is CN(CC(=O)c1c(-c2ccccc2)[nH]c2ccccc12)Cc1ccccc1F. The van der Waals surface area contributed by atoms with E-state index >= 15 is 0 Å². The van der Waals surface area contributed by atoms with Crippen molar-refractivity contribution < 1.29 is 9.18 Å². The maximum absolute atomic E-state index is 13.9. The maximum Gasteiger partial charge on any atom is 0.179 e. The first-order valence-electron chi connectivity index (χ1n) is 9.25. The number of H-pyrrole nitrogens is 1. The first-order chi connectivity index (χ1) is 13.6. The molecule has 0 fully saturated rings. The average Bonchev–Trinajstić information content (AvgIpc) is 3.10. The van der Waals surface area contributed by atoms with Crippen LogP contribution in [0.4, 0.5) is 4.39 Å². The Morgan fingerprint density at radius 3 is 2.39 bits per heavy atom. The van der Waals surface area contributed by atoms with Crippen LogP contribution in [0.1, 0.15) is 15.9 Å². The zero-order valence-electron chi connectivity index (χ0n) is 15.7. The number of Topliss-reactive ketones (excluding diaryl/α,β-unsaturated/α-hetero) is 1. The Kier molecular flexibility index (Phi) is 5.04. The van der Waals surface area contributed by atoms with E-state index in [-0.39, 0.29) is 18.1 Å². The van der Waals surface area contributed by atoms with E-state index in [0.29, 0.717) is 17.7 Å². The van der Waals surface area contributed by atoms with Crippen molar-refractivity contribution >= 4 is 16.7 Å². The molecule has 4 aromatic rings. The lowest BCUT2D eigenvalue weighted by atomic mass is 10.0. The maximum atomic E-state index is 13.9. The zero-order valence-corrected chi connectivity index (χ0v) is 15.7. The number of aromatic amines is 1. The molecule has 3 aromatic carbocycles. The van der Waals surface area contributed by atoms with Gasteiger partial charge in [0.1, 0.15) is 5.82 Å². The third-order valence-corrected chi connectivity index (χ3v) is 4.86. The number of ketones is 1. The number of likely N-dealkylation sites (N-methyl/N-ethyl adjacent to an activating group) is 1. The standard InChI is InChI=1S/C24H21FN2O/c1-27(15-18-11-5-7-13-20(18)25)16-22(28)23-19-12-6-8-14-21(19)26-24(23)17-9-3-2-4-10-17/h2-14,26H,15-16H2,1H3. The molecule has 0 bridgehead atoms. The molecule has 4 heteroatoms. The minimum atomic E-state index is -0.251. The Balaban J connectivity index is 1.66. The quantitative estimate of drug-likeness (QED) is 0.467. The number of aromatic nitrogens is 1. The summed E-state index contributed by atoms with van der Waals surface area (Å²) in [6.07, 6.45) is 0. The summed E-state index contributed by atoms with van der Waals surface area (Å²) in [5.74, 6) is -0.242. The van der Waals surface area contributed by atoms with Crippen LogP contribution in [0.15, 0.2) is 78.9 Å². The number of carbonyl (C=O) groups excluding carboxylic acids is 1. The van der Waals surface area contributed by atoms with Crippen molar-refractivity contribution in [2.75, 3.05) is 13.6 Å². The molecule has 0 amide bonds. The van der Waals surface area contributed by atoms with Crippen LogP contribution < -0.4 is 0 Å². The van der Waals surface area contributed by atoms with Crippen LogP contribution >= 0.6 is 0 Å². The molecule has 0 aliphatic carbocycles. The highest BCUT2D eigenvalue weighted by atomic mass is 19.1. The van der Waals surface area contributed by atoms with Gasteiger partial charge in [0.15, 0.2) is 5.78 Å². The van der Waals surface area contributed by atoms with E-state index < -0.39 is 0 Å². The number of hydrogen-bond donors (Lipinski definition) is 1. The number of nitrogens with one attached hydrogen (secondary N) is 1. The van der Waals surface area contributed by atoms with Crippen LogP contribution in [0.5, 0.6) is 0 Å². The molecule has 4 rings (SSSR count). The second kappa shape index (κ2) is 7.79. The first-order valence-corrected chi connectivity index (χ1v) is 9.25. The Morgan fingerprint density at radius 1 is 0.929 bits per heavy atom. The average molecular weight is 372 g/mol. The van der Waals surface area contributed by atoms with Gasteiger partial charge < -0.3 is 4.98 Å². The van der Waals surface area contributed by atoms with Crippen molar-refractivity contribution in [3.8, 4) is 11.3 Å². The highest BCUT2D eigenvalue weighted by molar-refractivity contribution is 6.14. The van der Waals surface area contributed by atoms with E-state index in [4.69, 9.17) is 0 Å². The van der Waals surface area contributed by atoms with Gasteiger partial charge in [-0.2, -0.15) is 0 Å². The van der Waals surface area contributed by atoms with Crippen molar-refractivity contribution in [2.45, 2.75) is 6.54 Å². The number of benzene rings is 3. The van der Waals surface area contributed by atoms with Gasteiger partial charge in [0.05, 0.1) is 17.8 Å². The molecule has 0 unspecified atom stereocenters. The smallest absolute Gasteiger partial charge is 0.179 e. The second-order valence-electron chi connectivity index (χ2n) is 6.97. The summed E-state index contributed by atoms with van der Waals surface area (Å²) in [5, 5.41) is 0.908. The summed E-state index contributed by atoms with van der Waals surface area (Å²) in [4.78, 5) is 18.5. The fourth-order valence-electron chi connectivity index (χ4n) is 3.55. The fraction of sp³-hybridized carbons (Fsp3) is 0.125. The van der Waals surface area contributed by atoms with Gasteiger partial charge in [-0.3, -0.25) is 9.69 Å². The molecule has 0 saturated carbocycles. The topological polar surface area (TPSA) is 36.1 Å². The van der Waals surface area contributed by atoms with Gasteiger partial charge in [0.25, 0.3) is 0 Å². The van der Waals surface area contributed by atoms with Crippen molar-refractivity contribution in [1.82, 2.24) is 9.88 Å². The molecule has 0 aliphatic heterocycles. The van der Waals surface area contributed by atoms with E-state index in [9.17, 15) is 9.18 Å². The van der Waals surface area contributed by atoms with Crippen LogP contribution in [0, 0.1) is 5.82 Å². The number of nitrogens with zero attached hydrogens (tertiary/aromatic N) is 1. The molecule has 140 valence electrons. The largest absolute Gasteiger partial charge is 0.354 e. The minimum Gasteiger partial charge on any atom is -0.354 e. The molecular weight excluding hydrogens is 351 g/mol. The normalized spacial score (nSPS) is 11.2. The zero-order chi connectivity index (χ0) is 19.5. The summed E-state index contributed by atoms with van der Waals surface area (Å²) in [6, 6.07) is 24.3. The number of hydrogen-bond acceptors (Lipinski definition) is 2. The molecule has 1 N–H and O–H groups in total. The number of fused-ring (bicyclic) bond motifs is 1. The lowest BCUT2D eigenvalue weighted by Gasteiger charge is -2.16. The van der Waals surface area contributed by atoms with Gasteiger partial charge >= 0.3 is 0 Å². The van der Waals surface area contributed by atoms with Gasteiger partial charge in [-0.05, 0) is 24.7 Å². The van der Waals surface area contributed by atoms with Crippen LogP contribution in [0.25, 0.3) is 22.2 Å². The van der Waals surface area contributed by atoms with Gasteiger partial charge in [-0.1, -0.05) is 66.7 Å². The van der Waals surface area contributed by atoms with E-state index in [1.807, 2.05) is 66.5 Å². The molecule has 0 aliphatic rings. The fourth-order valence-corrected chi connectivity index (χ4v) is 3.55. The van der Waals surface area contributed by atoms with Gasteiger partial charge in [-0.15, -0.1) is 0 Å². The Morgan fingerprint density at radius 2 is 1.61 bits per heavy atom. The summed E-state index contributed by atoms with van der Waals surface area (Å²) in [5.41, 5.74) is 3.99. The third-order valence-electron chi connectivity index (χ3n) is 4.86. The van der Waals surface area contributed by atoms with Gasteiger partial charge in [0.2, 0.25) is 0 Å². The van der Waals surface area contributed by atoms with Crippen LogP contribution in [-0.4, -0.2) is 29.3 Å². The predicted octanol–water partition coefficient (Wildman–Crippen LogP) is 5.29. The van der Waals surface area contributed by atoms with Crippen molar-refractivity contribution in [3.63, 3.8) is 0 Å². The molecule has 1 aromatic heterocycles. The molecular formula is C24H21FN2O. The predicted molar refractivity (Wildman–Crippen MR) is 111 cm³/mol. The number of rotatable bonds is 6. The van der Waals surface area contributed by atoms with Crippen molar-refractivity contribution in [1.29, 1.82) is 0 Å². The van der Waals surface area contributed by atoms with Crippen molar-refractivity contribution in [3.05, 3.63) is 95.8 Å². The van der Waals surface area contributed by atoms with Crippen LogP contribution in [0.2, 0.25) is 0 Å². The molecule has 28 heavy (non-hydrogen) atoms. The lowest BCUT2D eigenvalue weighted by molar-refractivity contribution is 0.0944. The number of carbonyl (C=O) groups is 1. The number of para-hydroxylation sites is 1. The highest BCUT2D eigenvalue weighted by Gasteiger charge is 2.20. The van der Waals surface area contributed by atoms with E-state index in [2.05, 4.69) is 4.98 Å². The Hall–Kier alpha value is -3.24. The van der Waals surface area contributed by atoms with E-state index in [1.165, 1.54) is 6.07 Å². The summed E-state index contributed by atoms with van der Waals surface area (Å²) in [7, 11) is 1.83. The summed E-state index contributed by atoms with van der Waals surface area (Å²) < 4.78 is 13.9. The molecule has 0 atom stereocenters. The minimum absolute atomic E-state index is 0.00939. The van der Waals surface area contributed by atoms with Crippen molar-refractivity contribution in [2.24, 2.45) is 0 Å². The van der Waals surface area contributed by atoms with Gasteiger partial charge in [0, 0.05) is 23.0 Å². The Labute approximate surface area is 163 Å². The van der Waals surface area contributed by atoms with Crippen LogP contribution in [-0.2, 0) is 6.54 Å². The molecule has 0 radical (unpaired) electrons. The first kappa shape index (κ1) is 18.1. The summed E-state index contributed by atoms with van der Waals surface area (Å²) in [6.45, 7) is 0.581. The van der Waals surface area contributed by atoms with E-state index in [0.717, 1.165) is 22.2 Å². The molecule has 0 spiro atoms. The second-order valence-corrected chi connectivity index (χ2v) is 6.97. The Bertz CT molecular complexity index is 1120. The number of halogens is 1. The third kappa shape index (κ3) is 3.59. The van der Waals surface area contributed by atoms with Gasteiger partial charge in [-0.25, -0.2) is 4.39 Å². The highest BCUT2D eigenvalue weighted by Crippen LogP contribution is 2.30. The molecule has 3 nitrogen and oxygen atoms in total. The van der Waals surface area contributed by atoms with Crippen LogP contribution in [0.3, 0.4) is 0 Å². The monoisotopic (exact) mass is 372 g/mol. The van der Waals surface area contributed by atoms with E-state index in [1.54, 1.807) is 18.2 Å². The summed E-state index contributed by atoms with van der Waals surface area (Å²) >= 11 is 0.